The number of nitrogens with one attached hydrogen (secondary N) is 3. The van der Waals surface area contributed by atoms with Crippen LogP contribution in [0.3, 0.4) is 0 Å². The summed E-state index contributed by atoms with van der Waals surface area (Å²) in [5.74, 6) is -4.33. The maximum absolute atomic E-state index is 12.4. The number of Topliss-reactive ketones (excluding diaryl/α,β-unsaturated/α-hetero) is 2. The Morgan fingerprint density at radius 2 is 0.980 bits per heavy atom. The van der Waals surface area contributed by atoms with Crippen LogP contribution in [-0.2, 0) is 33.4 Å². The Balaban J connectivity index is 0.821. The highest BCUT2D eigenvalue weighted by Gasteiger charge is 2.31. The fraction of sp³-hybridized carbons (Fsp3) is 0.275. The normalized spacial score (nSPS) is 13.4. The van der Waals surface area contributed by atoms with Gasteiger partial charge in [-0.15, -0.1) is 0 Å². The molecule has 0 radical (unpaired) electrons. The van der Waals surface area contributed by atoms with E-state index in [2.05, 4.69) is 16.2 Å². The minimum absolute atomic E-state index is 0.0124. The highest BCUT2D eigenvalue weighted by molar-refractivity contribution is 6.35. The summed E-state index contributed by atoms with van der Waals surface area (Å²) < 4.78 is 10.8. The van der Waals surface area contributed by atoms with Gasteiger partial charge in [0, 0.05) is 18.4 Å². The van der Waals surface area contributed by atoms with Gasteiger partial charge in [-0.05, 0) is 57.3 Å². The SMILES string of the molecule is N[C@@H](CCCCNNCC(=O)C(=O)OCC1c2ccccc2-c2ccccc21)C(=O)NCC(=O)C(=O)OCC1c2ccccc2-c2ccccc21. The van der Waals surface area contributed by atoms with E-state index in [1.165, 1.54) is 0 Å². The highest BCUT2D eigenvalue weighted by atomic mass is 16.5. The van der Waals surface area contributed by atoms with Gasteiger partial charge in [0.2, 0.25) is 5.91 Å². The molecule has 2 aliphatic rings. The molecule has 0 unspecified atom stereocenters. The Bertz CT molecular complexity index is 1850. The second-order valence-corrected chi connectivity index (χ2v) is 12.6. The van der Waals surface area contributed by atoms with Crippen LogP contribution in [-0.4, -0.2) is 68.3 Å². The molecule has 0 aliphatic heterocycles. The van der Waals surface area contributed by atoms with Crippen LogP contribution in [0, 0.1) is 0 Å². The van der Waals surface area contributed by atoms with E-state index in [1.54, 1.807) is 0 Å². The molecule has 0 aromatic heterocycles. The van der Waals surface area contributed by atoms with Crippen molar-refractivity contribution in [3.8, 4) is 22.3 Å². The van der Waals surface area contributed by atoms with E-state index < -0.39 is 42.0 Å². The molecule has 4 aromatic carbocycles. The lowest BCUT2D eigenvalue weighted by atomic mass is 9.98. The summed E-state index contributed by atoms with van der Waals surface area (Å²) in [5, 5.41) is 2.42. The summed E-state index contributed by atoms with van der Waals surface area (Å²) in [6, 6.07) is 30.9. The van der Waals surface area contributed by atoms with Crippen molar-refractivity contribution in [3.05, 3.63) is 119 Å². The van der Waals surface area contributed by atoms with Crippen molar-refractivity contribution in [1.29, 1.82) is 0 Å². The molecule has 0 heterocycles. The minimum atomic E-state index is -1.01. The minimum Gasteiger partial charge on any atom is -0.459 e. The van der Waals surface area contributed by atoms with Crippen molar-refractivity contribution in [2.24, 2.45) is 5.73 Å². The topological polar surface area (TPSA) is 166 Å². The summed E-state index contributed by atoms with van der Waals surface area (Å²) in [6.07, 6.45) is 1.53. The summed E-state index contributed by atoms with van der Waals surface area (Å²) in [7, 11) is 0. The van der Waals surface area contributed by atoms with Crippen LogP contribution in [0.1, 0.15) is 53.4 Å². The zero-order valence-corrected chi connectivity index (χ0v) is 28.1. The predicted octanol–water partition coefficient (Wildman–Crippen LogP) is 3.54. The Kier molecular flexibility index (Phi) is 11.4. The first kappa shape index (κ1) is 35.3. The van der Waals surface area contributed by atoms with Crippen molar-refractivity contribution in [2.75, 3.05) is 32.8 Å². The summed E-state index contributed by atoms with van der Waals surface area (Å²) in [5.41, 5.74) is 20.2. The van der Waals surface area contributed by atoms with Crippen LogP contribution >= 0.6 is 0 Å². The maximum atomic E-state index is 12.4. The van der Waals surface area contributed by atoms with Crippen LogP contribution in [0.2, 0.25) is 0 Å². The molecule has 51 heavy (non-hydrogen) atoms. The zero-order chi connectivity index (χ0) is 35.7. The number of rotatable bonds is 17. The fourth-order valence-corrected chi connectivity index (χ4v) is 6.74. The number of hydrogen-bond acceptors (Lipinski definition) is 10. The van der Waals surface area contributed by atoms with E-state index in [1.807, 2.05) is 97.1 Å². The number of nitrogens with two attached hydrogens (primary N) is 1. The lowest BCUT2D eigenvalue weighted by molar-refractivity contribution is -0.153. The average molecular weight is 689 g/mol. The van der Waals surface area contributed by atoms with Crippen LogP contribution in [0.15, 0.2) is 97.1 Å². The Morgan fingerprint density at radius 3 is 1.43 bits per heavy atom. The van der Waals surface area contributed by atoms with Gasteiger partial charge >= 0.3 is 11.9 Å². The van der Waals surface area contributed by atoms with Crippen LogP contribution in [0.5, 0.6) is 0 Å². The molecule has 6 rings (SSSR count). The summed E-state index contributed by atoms with van der Waals surface area (Å²) in [4.78, 5) is 62.0. The molecule has 262 valence electrons. The molecule has 2 aliphatic carbocycles. The second kappa shape index (κ2) is 16.5. The zero-order valence-electron chi connectivity index (χ0n) is 28.1. The number of carbonyl (C=O) groups excluding carboxylic acids is 5. The van der Waals surface area contributed by atoms with Crippen molar-refractivity contribution in [2.45, 2.75) is 37.1 Å². The number of hydrazine groups is 1. The lowest BCUT2D eigenvalue weighted by Crippen LogP contribution is -2.44. The van der Waals surface area contributed by atoms with Crippen LogP contribution < -0.4 is 21.9 Å². The molecule has 11 heteroatoms. The van der Waals surface area contributed by atoms with Gasteiger partial charge in [0.1, 0.15) is 13.2 Å². The fourth-order valence-electron chi connectivity index (χ4n) is 6.74. The van der Waals surface area contributed by atoms with Gasteiger partial charge < -0.3 is 20.5 Å². The van der Waals surface area contributed by atoms with Gasteiger partial charge in [0.25, 0.3) is 11.6 Å². The highest BCUT2D eigenvalue weighted by Crippen LogP contribution is 2.45. The van der Waals surface area contributed by atoms with Gasteiger partial charge in [-0.3, -0.25) is 19.8 Å². The largest absolute Gasteiger partial charge is 0.459 e. The van der Waals surface area contributed by atoms with Gasteiger partial charge in [-0.1, -0.05) is 103 Å². The molecule has 0 saturated heterocycles. The number of fused-ring (bicyclic) bond motifs is 6. The number of ketones is 2. The smallest absolute Gasteiger partial charge is 0.376 e. The summed E-state index contributed by atoms with van der Waals surface area (Å²) in [6.45, 7) is -0.211. The monoisotopic (exact) mass is 688 g/mol. The number of unbranched alkanes of at least 4 members (excludes halogenated alkanes) is 1. The van der Waals surface area contributed by atoms with E-state index in [4.69, 9.17) is 15.2 Å². The lowest BCUT2D eigenvalue weighted by Gasteiger charge is -2.14. The van der Waals surface area contributed by atoms with Gasteiger partial charge in [-0.25, -0.2) is 15.0 Å². The molecule has 1 amide bonds. The third-order valence-electron chi connectivity index (χ3n) is 9.34. The Morgan fingerprint density at radius 1 is 0.569 bits per heavy atom. The van der Waals surface area contributed by atoms with E-state index >= 15 is 0 Å². The maximum Gasteiger partial charge on any atom is 0.376 e. The van der Waals surface area contributed by atoms with Crippen molar-refractivity contribution >= 4 is 29.4 Å². The van der Waals surface area contributed by atoms with Crippen LogP contribution in [0.4, 0.5) is 0 Å². The standard InChI is InChI=1S/C40H40N4O7/c41-35(38(47)42-21-36(45)39(48)50-23-33-29-15-5-1-11-25(29)26-12-2-6-16-30(26)33)19-9-10-20-43-44-22-37(46)40(49)51-24-34-31-17-7-3-13-27(31)28-14-4-8-18-32(28)34/h1-8,11-18,33-35,43-44H,9-10,19-24,41H2,(H,42,47)/t35-/m0/s1. The van der Waals surface area contributed by atoms with E-state index in [0.717, 1.165) is 44.5 Å². The quantitative estimate of drug-likeness (QED) is 0.0558. The second-order valence-electron chi connectivity index (χ2n) is 12.6. The average Bonchev–Trinajstić information content (AvgIpc) is 3.66. The van der Waals surface area contributed by atoms with Crippen molar-refractivity contribution in [3.63, 3.8) is 0 Å². The van der Waals surface area contributed by atoms with E-state index in [0.29, 0.717) is 25.8 Å². The number of benzene rings is 4. The Labute approximate surface area is 295 Å². The van der Waals surface area contributed by atoms with Gasteiger partial charge in [0.15, 0.2) is 0 Å². The van der Waals surface area contributed by atoms with Gasteiger partial charge in [-0.2, -0.15) is 0 Å². The predicted molar refractivity (Wildman–Crippen MR) is 190 cm³/mol. The third-order valence-corrected chi connectivity index (χ3v) is 9.34. The molecule has 0 fully saturated rings. The molecular weight excluding hydrogens is 648 g/mol. The molecule has 1 atom stereocenters. The van der Waals surface area contributed by atoms with E-state index in [-0.39, 0.29) is 31.6 Å². The van der Waals surface area contributed by atoms with Crippen molar-refractivity contribution in [1.82, 2.24) is 16.2 Å². The molecule has 4 aromatic rings. The molecule has 0 bridgehead atoms. The van der Waals surface area contributed by atoms with Crippen LogP contribution in [0.25, 0.3) is 22.3 Å². The Hall–Kier alpha value is -5.49. The van der Waals surface area contributed by atoms with Gasteiger partial charge in [0.05, 0.1) is 19.1 Å². The molecule has 0 spiro atoms. The number of ether oxygens (including phenoxy) is 2. The molecule has 11 nitrogen and oxygen atoms in total. The summed E-state index contributed by atoms with van der Waals surface area (Å²) >= 11 is 0. The number of carbonyl (C=O) groups is 5. The number of amides is 1. The first-order chi connectivity index (χ1) is 24.8. The molecule has 0 saturated carbocycles. The number of esters is 2. The molecular formula is C40H40N4O7. The van der Waals surface area contributed by atoms with Crippen molar-refractivity contribution < 1.29 is 33.4 Å². The van der Waals surface area contributed by atoms with E-state index in [9.17, 15) is 24.0 Å². The first-order valence-corrected chi connectivity index (χ1v) is 17.1. The number of hydrogen-bond donors (Lipinski definition) is 4. The first-order valence-electron chi connectivity index (χ1n) is 17.1. The third kappa shape index (κ3) is 8.12. The molecule has 5 N–H and O–H groups in total.